The second-order valence-electron chi connectivity index (χ2n) is 14.2. The third kappa shape index (κ3) is 5.59. The van der Waals surface area contributed by atoms with Crippen LogP contribution in [0.5, 0.6) is 0 Å². The molecule has 5 aliphatic rings. The molecule has 1 spiro atoms. The van der Waals surface area contributed by atoms with E-state index in [-0.39, 0.29) is 5.91 Å². The van der Waals surface area contributed by atoms with Crippen molar-refractivity contribution in [2.45, 2.75) is 70.9 Å². The van der Waals surface area contributed by atoms with Crippen LogP contribution < -0.4 is 4.90 Å². The summed E-state index contributed by atoms with van der Waals surface area (Å²) in [7, 11) is 1.94. The van der Waals surface area contributed by atoms with Gasteiger partial charge in [-0.15, -0.1) is 0 Å². The number of fused-ring (bicyclic) bond motifs is 2. The van der Waals surface area contributed by atoms with Crippen LogP contribution in [0.2, 0.25) is 0 Å². The Labute approximate surface area is 250 Å². The Kier molecular flexibility index (Phi) is 8.36. The van der Waals surface area contributed by atoms with Crippen LogP contribution in [0.15, 0.2) is 48.5 Å². The van der Waals surface area contributed by atoms with Crippen LogP contribution in [0.1, 0.15) is 64.4 Å². The molecular formula is C35H48F2N4O. The molecule has 1 amide bonds. The number of para-hydroxylation sites is 1. The molecule has 7 rings (SSSR count). The zero-order chi connectivity index (χ0) is 29.5. The van der Waals surface area contributed by atoms with E-state index in [0.29, 0.717) is 30.7 Å². The maximum absolute atomic E-state index is 14.1. The number of halogens is 2. The highest BCUT2D eigenvalue weighted by molar-refractivity contribution is 5.93. The van der Waals surface area contributed by atoms with Crippen molar-refractivity contribution in [3.63, 3.8) is 0 Å². The van der Waals surface area contributed by atoms with E-state index in [2.05, 4.69) is 47.9 Å². The number of rotatable bonds is 10. The van der Waals surface area contributed by atoms with Gasteiger partial charge in [0.05, 0.1) is 6.67 Å². The van der Waals surface area contributed by atoms with Gasteiger partial charge in [0.25, 0.3) is 0 Å². The lowest BCUT2D eigenvalue weighted by molar-refractivity contribution is -0.133. The number of carbonyl (C=O) groups is 1. The second-order valence-corrected chi connectivity index (χ2v) is 14.2. The van der Waals surface area contributed by atoms with Gasteiger partial charge in [-0.05, 0) is 106 Å². The number of piperidine rings is 1. The highest BCUT2D eigenvalue weighted by atomic mass is 19.1. The van der Waals surface area contributed by atoms with Crippen LogP contribution in [0, 0.1) is 34.8 Å². The maximum atomic E-state index is 14.1. The largest absolute Gasteiger partial charge is 0.339 e. The first-order valence-electron chi connectivity index (χ1n) is 16.1. The quantitative estimate of drug-likeness (QED) is 0.327. The smallest absolute Gasteiger partial charge is 0.250 e. The first kappa shape index (κ1) is 29.6. The summed E-state index contributed by atoms with van der Waals surface area (Å²) >= 11 is 0. The second kappa shape index (κ2) is 11.9. The van der Waals surface area contributed by atoms with Crippen LogP contribution in [0.25, 0.3) is 0 Å². The number of benzene rings is 2. The maximum Gasteiger partial charge on any atom is 0.250 e. The molecule has 2 bridgehead atoms. The van der Waals surface area contributed by atoms with Crippen LogP contribution in [-0.4, -0.2) is 72.6 Å². The molecule has 3 atom stereocenters. The van der Waals surface area contributed by atoms with Gasteiger partial charge < -0.3 is 19.6 Å². The number of amides is 1. The van der Waals surface area contributed by atoms with E-state index in [1.165, 1.54) is 37.8 Å². The molecule has 2 aromatic carbocycles. The fraction of sp³-hybridized carbons (Fsp3) is 0.629. The summed E-state index contributed by atoms with van der Waals surface area (Å²) in [6, 6.07) is 14.2. The molecule has 5 nitrogen and oxygen atoms in total. The van der Waals surface area contributed by atoms with Gasteiger partial charge in [0.1, 0.15) is 17.2 Å². The van der Waals surface area contributed by atoms with E-state index in [9.17, 15) is 13.6 Å². The Bertz CT molecular complexity index is 1240. The molecular weight excluding hydrogens is 530 g/mol. The van der Waals surface area contributed by atoms with Gasteiger partial charge >= 0.3 is 0 Å². The van der Waals surface area contributed by atoms with Gasteiger partial charge in [-0.3, -0.25) is 4.79 Å². The van der Waals surface area contributed by atoms with Crippen molar-refractivity contribution in [1.82, 2.24) is 14.7 Å². The molecule has 3 unspecified atom stereocenters. The molecule has 2 saturated heterocycles. The van der Waals surface area contributed by atoms with E-state index in [1.54, 1.807) is 0 Å². The van der Waals surface area contributed by atoms with Gasteiger partial charge in [0, 0.05) is 43.5 Å². The first-order valence-corrected chi connectivity index (χ1v) is 16.1. The number of anilines is 1. The molecule has 7 heteroatoms. The molecule has 2 aromatic rings. The van der Waals surface area contributed by atoms with Crippen LogP contribution in [-0.2, 0) is 11.3 Å². The first-order chi connectivity index (χ1) is 20.2. The molecule has 3 saturated carbocycles. The SMILES string of the molecule is CN(CCCN1CN(c2ccccc2)C2(CCN(CCC3CCC4CC3C4(C)C)CC2)C1=O)Cc1ccc(F)cc1F. The lowest BCUT2D eigenvalue weighted by Gasteiger charge is -2.60. The molecule has 42 heavy (non-hydrogen) atoms. The van der Waals surface area contributed by atoms with Crippen molar-refractivity contribution in [3.8, 4) is 0 Å². The van der Waals surface area contributed by atoms with Crippen molar-refractivity contribution in [1.29, 1.82) is 0 Å². The van der Waals surface area contributed by atoms with Gasteiger partial charge in [-0.1, -0.05) is 38.1 Å². The van der Waals surface area contributed by atoms with E-state index in [1.807, 2.05) is 22.9 Å². The summed E-state index contributed by atoms with van der Waals surface area (Å²) in [5.41, 5.74) is 1.67. The number of carbonyl (C=O) groups excluding carboxylic acids is 1. The normalized spacial score (nSPS) is 26.7. The molecule has 3 aliphatic carbocycles. The monoisotopic (exact) mass is 578 g/mol. The van der Waals surface area contributed by atoms with E-state index in [4.69, 9.17) is 0 Å². The van der Waals surface area contributed by atoms with Gasteiger partial charge in [0.15, 0.2) is 0 Å². The molecule has 228 valence electrons. The fourth-order valence-electron chi connectivity index (χ4n) is 8.73. The Morgan fingerprint density at radius 3 is 2.45 bits per heavy atom. The third-order valence-corrected chi connectivity index (χ3v) is 11.5. The molecule has 2 aliphatic heterocycles. The predicted molar refractivity (Wildman–Crippen MR) is 164 cm³/mol. The van der Waals surface area contributed by atoms with E-state index < -0.39 is 17.2 Å². The van der Waals surface area contributed by atoms with Crippen LogP contribution >= 0.6 is 0 Å². The molecule has 0 aromatic heterocycles. The number of nitrogens with zero attached hydrogens (tertiary/aromatic N) is 4. The summed E-state index contributed by atoms with van der Waals surface area (Å²) in [5, 5.41) is 0. The Hall–Kier alpha value is -2.51. The zero-order valence-corrected chi connectivity index (χ0v) is 25.7. The average molecular weight is 579 g/mol. The van der Waals surface area contributed by atoms with Crippen molar-refractivity contribution in [2.24, 2.45) is 23.2 Å². The van der Waals surface area contributed by atoms with Crippen molar-refractivity contribution >= 4 is 11.6 Å². The van der Waals surface area contributed by atoms with Crippen molar-refractivity contribution in [2.75, 3.05) is 51.3 Å². The van der Waals surface area contributed by atoms with Gasteiger partial charge in [-0.25, -0.2) is 8.78 Å². The Morgan fingerprint density at radius 1 is 1.00 bits per heavy atom. The molecule has 0 radical (unpaired) electrons. The summed E-state index contributed by atoms with van der Waals surface area (Å²) in [5.74, 6) is 1.91. The van der Waals surface area contributed by atoms with E-state index >= 15 is 0 Å². The summed E-state index contributed by atoms with van der Waals surface area (Å²) in [6.07, 6.45) is 8.08. The Morgan fingerprint density at radius 2 is 1.76 bits per heavy atom. The van der Waals surface area contributed by atoms with Gasteiger partial charge in [0.2, 0.25) is 5.91 Å². The van der Waals surface area contributed by atoms with Crippen LogP contribution in [0.3, 0.4) is 0 Å². The zero-order valence-electron chi connectivity index (χ0n) is 25.7. The minimum Gasteiger partial charge on any atom is -0.339 e. The summed E-state index contributed by atoms with van der Waals surface area (Å²) in [4.78, 5) is 23.2. The van der Waals surface area contributed by atoms with Crippen LogP contribution in [0.4, 0.5) is 14.5 Å². The van der Waals surface area contributed by atoms with Crippen molar-refractivity contribution < 1.29 is 13.6 Å². The topological polar surface area (TPSA) is 30.0 Å². The molecule has 2 heterocycles. The average Bonchev–Trinajstić information content (AvgIpc) is 3.25. The highest BCUT2D eigenvalue weighted by Crippen LogP contribution is 2.62. The summed E-state index contributed by atoms with van der Waals surface area (Å²) < 4.78 is 27.4. The third-order valence-electron chi connectivity index (χ3n) is 11.5. The number of likely N-dealkylation sites (tertiary alicyclic amines) is 1. The van der Waals surface area contributed by atoms with Gasteiger partial charge in [-0.2, -0.15) is 0 Å². The van der Waals surface area contributed by atoms with E-state index in [0.717, 1.165) is 74.9 Å². The minimum absolute atomic E-state index is 0.257. The molecule has 5 fully saturated rings. The number of hydrogen-bond acceptors (Lipinski definition) is 4. The minimum atomic E-state index is -0.557. The predicted octanol–water partition coefficient (Wildman–Crippen LogP) is 6.39. The lowest BCUT2D eigenvalue weighted by Crippen LogP contribution is -2.57. The van der Waals surface area contributed by atoms with Crippen molar-refractivity contribution in [3.05, 3.63) is 65.7 Å². The standard InChI is InChI=1S/C35H48F2N4O/c1-34(2)28-12-10-26(31(34)22-28)14-19-39-20-15-35(16-21-39)33(42)40(25-41(35)30-8-5-4-6-9-30)18-7-17-38(3)24-27-11-13-29(36)23-32(27)37/h4-6,8-9,11,13,23,26,28,31H,7,10,12,14-22,24-25H2,1-3H3. The fourth-order valence-corrected chi connectivity index (χ4v) is 8.73. The highest BCUT2D eigenvalue weighted by Gasteiger charge is 2.55. The molecule has 0 N–H and O–H groups in total. The summed E-state index contributed by atoms with van der Waals surface area (Å²) in [6.45, 7) is 10.5. The number of hydrogen-bond donors (Lipinski definition) is 0. The Balaban J connectivity index is 1.05. The lowest BCUT2D eigenvalue weighted by atomic mass is 9.45.